The molecular weight excluding hydrogens is 322 g/mol. The van der Waals surface area contributed by atoms with Crippen molar-refractivity contribution >= 4 is 33.3 Å². The predicted molar refractivity (Wildman–Crippen MR) is 69.6 cm³/mol. The van der Waals surface area contributed by atoms with Crippen LogP contribution in [-0.4, -0.2) is 15.7 Å². The van der Waals surface area contributed by atoms with Crippen molar-refractivity contribution in [2.75, 3.05) is 11.1 Å². The number of halogens is 3. The summed E-state index contributed by atoms with van der Waals surface area (Å²) < 4.78 is 28.6. The minimum Gasteiger partial charge on any atom is -0.383 e. The summed E-state index contributed by atoms with van der Waals surface area (Å²) in [5.74, 6) is -2.40. The van der Waals surface area contributed by atoms with Crippen molar-refractivity contribution in [1.29, 1.82) is 0 Å². The highest BCUT2D eigenvalue weighted by Crippen LogP contribution is 2.24. The summed E-state index contributed by atoms with van der Waals surface area (Å²) >= 11 is 2.95. The maximum Gasteiger partial charge on any atom is 0.261 e. The molecule has 0 aliphatic heterocycles. The quantitative estimate of drug-likeness (QED) is 0.887. The van der Waals surface area contributed by atoms with E-state index in [0.29, 0.717) is 0 Å². The van der Waals surface area contributed by atoms with Crippen molar-refractivity contribution in [3.05, 3.63) is 40.0 Å². The van der Waals surface area contributed by atoms with Gasteiger partial charge in [0, 0.05) is 11.5 Å². The van der Waals surface area contributed by atoms with Gasteiger partial charge in [-0.1, -0.05) is 15.9 Å². The van der Waals surface area contributed by atoms with Crippen LogP contribution in [0.25, 0.3) is 0 Å². The number of anilines is 2. The lowest BCUT2D eigenvalue weighted by atomic mass is 10.2. The average Bonchev–Trinajstić information content (AvgIpc) is 2.64. The zero-order chi connectivity index (χ0) is 14.2. The van der Waals surface area contributed by atoms with Gasteiger partial charge in [-0.25, -0.2) is 8.78 Å². The molecule has 0 aliphatic rings. The van der Waals surface area contributed by atoms with Crippen LogP contribution in [0.15, 0.2) is 22.8 Å². The van der Waals surface area contributed by atoms with Crippen molar-refractivity contribution in [3.8, 4) is 0 Å². The third-order valence-electron chi connectivity index (χ3n) is 2.47. The minimum atomic E-state index is -0.886. The zero-order valence-electron chi connectivity index (χ0n) is 9.75. The lowest BCUT2D eigenvalue weighted by Crippen LogP contribution is -2.15. The van der Waals surface area contributed by atoms with Gasteiger partial charge in [-0.2, -0.15) is 5.10 Å². The molecule has 0 aliphatic carbocycles. The molecule has 0 unspecified atom stereocenters. The first-order valence-electron chi connectivity index (χ1n) is 5.13. The minimum absolute atomic E-state index is 0.0456. The van der Waals surface area contributed by atoms with Crippen LogP contribution in [0.1, 0.15) is 10.4 Å². The monoisotopic (exact) mass is 330 g/mol. The number of hydrogen-bond acceptors (Lipinski definition) is 3. The van der Waals surface area contributed by atoms with E-state index < -0.39 is 23.2 Å². The van der Waals surface area contributed by atoms with Crippen LogP contribution in [0.4, 0.5) is 20.3 Å². The van der Waals surface area contributed by atoms with Gasteiger partial charge in [0.15, 0.2) is 11.6 Å². The van der Waals surface area contributed by atoms with Gasteiger partial charge in [0.25, 0.3) is 5.91 Å². The summed E-state index contributed by atoms with van der Waals surface area (Å²) in [5, 5.41) is 5.91. The summed E-state index contributed by atoms with van der Waals surface area (Å²) in [4.78, 5) is 11.8. The summed E-state index contributed by atoms with van der Waals surface area (Å²) in [6.07, 6.45) is 1.22. The molecule has 0 radical (unpaired) electrons. The SMILES string of the molecule is Cn1ncc(C(=O)Nc2c(F)cc(Br)cc2F)c1N. The van der Waals surface area contributed by atoms with Crippen LogP contribution < -0.4 is 11.1 Å². The van der Waals surface area contributed by atoms with Gasteiger partial charge >= 0.3 is 0 Å². The highest BCUT2D eigenvalue weighted by Gasteiger charge is 2.18. The number of nitrogen functional groups attached to an aromatic ring is 1. The Balaban J connectivity index is 2.32. The lowest BCUT2D eigenvalue weighted by Gasteiger charge is -2.07. The molecule has 1 amide bonds. The molecule has 0 spiro atoms. The van der Waals surface area contributed by atoms with Crippen molar-refractivity contribution in [2.24, 2.45) is 7.05 Å². The Morgan fingerprint density at radius 1 is 1.42 bits per heavy atom. The van der Waals surface area contributed by atoms with Crippen LogP contribution in [0, 0.1) is 11.6 Å². The molecule has 5 nitrogen and oxygen atoms in total. The van der Waals surface area contributed by atoms with Crippen molar-refractivity contribution in [3.63, 3.8) is 0 Å². The number of benzene rings is 1. The molecule has 1 heterocycles. The van der Waals surface area contributed by atoms with Gasteiger partial charge < -0.3 is 11.1 Å². The van der Waals surface area contributed by atoms with Crippen LogP contribution in [-0.2, 0) is 7.05 Å². The standard InChI is InChI=1S/C11H9BrF2N4O/c1-18-10(15)6(4-16-18)11(19)17-9-7(13)2-5(12)3-8(9)14/h2-4H,15H2,1H3,(H,17,19). The Hall–Kier alpha value is -1.96. The van der Waals surface area contributed by atoms with Gasteiger partial charge in [0.05, 0.1) is 6.20 Å². The van der Waals surface area contributed by atoms with E-state index in [-0.39, 0.29) is 15.9 Å². The Morgan fingerprint density at radius 2 is 2.00 bits per heavy atom. The normalized spacial score (nSPS) is 10.5. The van der Waals surface area contributed by atoms with E-state index in [4.69, 9.17) is 5.73 Å². The van der Waals surface area contributed by atoms with E-state index in [1.165, 1.54) is 10.9 Å². The number of rotatable bonds is 2. The number of nitrogens with two attached hydrogens (primary N) is 1. The van der Waals surface area contributed by atoms with Gasteiger partial charge in [0.2, 0.25) is 0 Å². The van der Waals surface area contributed by atoms with Crippen molar-refractivity contribution in [1.82, 2.24) is 9.78 Å². The molecule has 1 aromatic heterocycles. The van der Waals surface area contributed by atoms with Crippen LogP contribution >= 0.6 is 15.9 Å². The maximum absolute atomic E-state index is 13.6. The molecule has 1 aromatic carbocycles. The lowest BCUT2D eigenvalue weighted by molar-refractivity contribution is 0.102. The summed E-state index contributed by atoms with van der Waals surface area (Å²) in [7, 11) is 1.55. The molecule has 19 heavy (non-hydrogen) atoms. The first-order valence-corrected chi connectivity index (χ1v) is 5.93. The third-order valence-corrected chi connectivity index (χ3v) is 2.93. The molecule has 0 saturated carbocycles. The molecule has 2 rings (SSSR count). The number of carbonyl (C=O) groups excluding carboxylic acids is 1. The molecule has 0 saturated heterocycles. The Labute approximate surface area is 115 Å². The highest BCUT2D eigenvalue weighted by molar-refractivity contribution is 9.10. The highest BCUT2D eigenvalue weighted by atomic mass is 79.9. The Kier molecular flexibility index (Phi) is 3.52. The van der Waals surface area contributed by atoms with Crippen LogP contribution in [0.5, 0.6) is 0 Å². The Morgan fingerprint density at radius 3 is 2.47 bits per heavy atom. The van der Waals surface area contributed by atoms with Gasteiger partial charge in [0.1, 0.15) is 17.1 Å². The second-order valence-corrected chi connectivity index (χ2v) is 4.68. The van der Waals surface area contributed by atoms with Crippen LogP contribution in [0.3, 0.4) is 0 Å². The molecular formula is C11H9BrF2N4O. The number of aromatic nitrogens is 2. The second-order valence-electron chi connectivity index (χ2n) is 3.77. The number of amides is 1. The fourth-order valence-corrected chi connectivity index (χ4v) is 1.87. The van der Waals surface area contributed by atoms with Crippen molar-refractivity contribution in [2.45, 2.75) is 0 Å². The molecule has 3 N–H and O–H groups in total. The van der Waals surface area contributed by atoms with E-state index in [9.17, 15) is 13.6 Å². The molecule has 0 fully saturated rings. The van der Waals surface area contributed by atoms with Crippen LogP contribution in [0.2, 0.25) is 0 Å². The third kappa shape index (κ3) is 2.58. The largest absolute Gasteiger partial charge is 0.383 e. The zero-order valence-corrected chi connectivity index (χ0v) is 11.3. The van der Waals surface area contributed by atoms with E-state index in [0.717, 1.165) is 12.1 Å². The maximum atomic E-state index is 13.6. The molecule has 8 heteroatoms. The van der Waals surface area contributed by atoms with E-state index in [2.05, 4.69) is 26.3 Å². The second kappa shape index (κ2) is 4.96. The fourth-order valence-electron chi connectivity index (χ4n) is 1.46. The molecule has 0 bridgehead atoms. The fraction of sp³-hybridized carbons (Fsp3) is 0.0909. The average molecular weight is 331 g/mol. The Bertz CT molecular complexity index is 633. The molecule has 0 atom stereocenters. The topological polar surface area (TPSA) is 72.9 Å². The van der Waals surface area contributed by atoms with E-state index >= 15 is 0 Å². The van der Waals surface area contributed by atoms with E-state index in [1.54, 1.807) is 7.05 Å². The number of nitrogens with one attached hydrogen (secondary N) is 1. The van der Waals surface area contributed by atoms with E-state index in [1.807, 2.05) is 0 Å². The number of nitrogens with zero attached hydrogens (tertiary/aromatic N) is 2. The summed E-state index contributed by atoms with van der Waals surface area (Å²) in [6.45, 7) is 0. The summed E-state index contributed by atoms with van der Waals surface area (Å²) in [6, 6.07) is 2.09. The van der Waals surface area contributed by atoms with Gasteiger partial charge in [-0.3, -0.25) is 9.48 Å². The number of hydrogen-bond donors (Lipinski definition) is 2. The first-order chi connectivity index (χ1) is 8.90. The van der Waals surface area contributed by atoms with Gasteiger partial charge in [-0.05, 0) is 12.1 Å². The number of aryl methyl sites for hydroxylation is 1. The molecule has 2 aromatic rings. The smallest absolute Gasteiger partial charge is 0.261 e. The summed E-state index contributed by atoms with van der Waals surface area (Å²) in [5.41, 5.74) is 5.12. The van der Waals surface area contributed by atoms with Crippen molar-refractivity contribution < 1.29 is 13.6 Å². The number of carbonyl (C=O) groups is 1. The van der Waals surface area contributed by atoms with Gasteiger partial charge in [-0.15, -0.1) is 0 Å². The predicted octanol–water partition coefficient (Wildman–Crippen LogP) is 2.30. The molecule has 100 valence electrons. The first kappa shape index (κ1) is 13.5.